The first kappa shape index (κ1) is 27.8. The summed E-state index contributed by atoms with van der Waals surface area (Å²) in [5.41, 5.74) is 4.19. The molecule has 0 aliphatic heterocycles. The number of hydrogen-bond acceptors (Lipinski definition) is 3. The smallest absolute Gasteiger partial charge is 0.243 e. The maximum atomic E-state index is 13.6. The average molecular weight is 523 g/mol. The standard InChI is InChI=1S/C30H35ClN2O2S/c1-3-4-18-32-30(35)28(19-24-10-6-5-7-11-24)33(20-25-16-14-23(2)15-17-25)29(34)22-36-21-26-12-8-9-13-27(26)31/h5-17,28H,3-4,18-22H2,1-2H3,(H,32,35)/t28-/m0/s1. The van der Waals surface area contributed by atoms with Gasteiger partial charge in [-0.25, -0.2) is 0 Å². The molecule has 0 saturated heterocycles. The van der Waals surface area contributed by atoms with Gasteiger partial charge in [0.15, 0.2) is 0 Å². The van der Waals surface area contributed by atoms with E-state index >= 15 is 0 Å². The number of aryl methyl sites for hydroxylation is 1. The summed E-state index contributed by atoms with van der Waals surface area (Å²) in [6.45, 7) is 5.12. The second kappa shape index (κ2) is 14.7. The van der Waals surface area contributed by atoms with Crippen molar-refractivity contribution < 1.29 is 9.59 Å². The molecule has 1 atom stereocenters. The first-order valence-electron chi connectivity index (χ1n) is 12.5. The maximum Gasteiger partial charge on any atom is 0.243 e. The van der Waals surface area contributed by atoms with E-state index in [1.165, 1.54) is 11.8 Å². The van der Waals surface area contributed by atoms with Gasteiger partial charge >= 0.3 is 0 Å². The van der Waals surface area contributed by atoms with Crippen molar-refractivity contribution in [3.8, 4) is 0 Å². The first-order valence-corrected chi connectivity index (χ1v) is 14.0. The Morgan fingerprint density at radius 3 is 2.33 bits per heavy atom. The molecule has 0 unspecified atom stereocenters. The van der Waals surface area contributed by atoms with Gasteiger partial charge in [-0.3, -0.25) is 9.59 Å². The van der Waals surface area contributed by atoms with Crippen LogP contribution in [0.15, 0.2) is 78.9 Å². The summed E-state index contributed by atoms with van der Waals surface area (Å²) in [6, 6.07) is 25.1. The fraction of sp³-hybridized carbons (Fsp3) is 0.333. The molecule has 0 heterocycles. The summed E-state index contributed by atoms with van der Waals surface area (Å²) < 4.78 is 0. The number of benzene rings is 3. The highest BCUT2D eigenvalue weighted by atomic mass is 35.5. The highest BCUT2D eigenvalue weighted by Gasteiger charge is 2.30. The Hall–Kier alpha value is -2.76. The molecule has 0 aromatic heterocycles. The number of carbonyl (C=O) groups excluding carboxylic acids is 2. The summed E-state index contributed by atoms with van der Waals surface area (Å²) in [4.78, 5) is 28.8. The Kier molecular flexibility index (Phi) is 11.4. The van der Waals surface area contributed by atoms with Crippen molar-refractivity contribution in [2.75, 3.05) is 12.3 Å². The molecule has 190 valence electrons. The zero-order valence-corrected chi connectivity index (χ0v) is 22.7. The van der Waals surface area contributed by atoms with E-state index in [1.54, 1.807) is 4.90 Å². The second-order valence-corrected chi connectivity index (χ2v) is 10.3. The van der Waals surface area contributed by atoms with Gasteiger partial charge in [0, 0.05) is 30.3 Å². The number of rotatable bonds is 13. The summed E-state index contributed by atoms with van der Waals surface area (Å²) in [5, 5.41) is 3.77. The van der Waals surface area contributed by atoms with Crippen LogP contribution in [0.25, 0.3) is 0 Å². The minimum atomic E-state index is -0.598. The number of halogens is 1. The highest BCUT2D eigenvalue weighted by Crippen LogP contribution is 2.22. The molecule has 0 aliphatic rings. The third-order valence-corrected chi connectivity index (χ3v) is 7.35. The monoisotopic (exact) mass is 522 g/mol. The topological polar surface area (TPSA) is 49.4 Å². The largest absolute Gasteiger partial charge is 0.354 e. The number of hydrogen-bond donors (Lipinski definition) is 1. The quantitative estimate of drug-likeness (QED) is 0.263. The molecule has 3 aromatic carbocycles. The van der Waals surface area contributed by atoms with Crippen molar-refractivity contribution >= 4 is 35.2 Å². The maximum absolute atomic E-state index is 13.6. The van der Waals surface area contributed by atoms with Crippen LogP contribution in [0.3, 0.4) is 0 Å². The molecule has 6 heteroatoms. The predicted octanol–water partition coefficient (Wildman–Crippen LogP) is 6.44. The summed E-state index contributed by atoms with van der Waals surface area (Å²) >= 11 is 7.82. The van der Waals surface area contributed by atoms with Crippen LogP contribution in [0.5, 0.6) is 0 Å². The Bertz CT molecular complexity index is 1110. The van der Waals surface area contributed by atoms with E-state index in [9.17, 15) is 9.59 Å². The molecule has 0 fully saturated rings. The zero-order chi connectivity index (χ0) is 25.8. The van der Waals surface area contributed by atoms with E-state index in [-0.39, 0.29) is 17.6 Å². The lowest BCUT2D eigenvalue weighted by Gasteiger charge is -2.31. The van der Waals surface area contributed by atoms with Gasteiger partial charge < -0.3 is 10.2 Å². The molecule has 0 bridgehead atoms. The van der Waals surface area contributed by atoms with E-state index in [0.29, 0.717) is 30.3 Å². The number of nitrogens with zero attached hydrogens (tertiary/aromatic N) is 1. The van der Waals surface area contributed by atoms with Crippen LogP contribution in [-0.2, 0) is 28.3 Å². The Labute approximate surface area is 224 Å². The Morgan fingerprint density at radius 2 is 1.64 bits per heavy atom. The van der Waals surface area contributed by atoms with Gasteiger partial charge in [-0.05, 0) is 36.1 Å². The minimum absolute atomic E-state index is 0.0563. The van der Waals surface area contributed by atoms with Crippen LogP contribution in [0.1, 0.15) is 42.0 Å². The molecule has 2 amide bonds. The molecule has 1 N–H and O–H groups in total. The fourth-order valence-electron chi connectivity index (χ4n) is 3.90. The average Bonchev–Trinajstić information content (AvgIpc) is 2.89. The molecule has 3 aromatic rings. The van der Waals surface area contributed by atoms with Crippen molar-refractivity contribution in [2.24, 2.45) is 0 Å². The van der Waals surface area contributed by atoms with E-state index < -0.39 is 6.04 Å². The Balaban J connectivity index is 1.83. The first-order chi connectivity index (χ1) is 17.5. The molecular formula is C30H35ClN2O2S. The van der Waals surface area contributed by atoms with Gasteiger partial charge in [0.2, 0.25) is 11.8 Å². The molecular weight excluding hydrogens is 488 g/mol. The van der Waals surface area contributed by atoms with Gasteiger partial charge in [0.1, 0.15) is 6.04 Å². The number of carbonyl (C=O) groups is 2. The number of unbranched alkanes of at least 4 members (excludes halogenated alkanes) is 1. The summed E-state index contributed by atoms with van der Waals surface area (Å²) in [5.74, 6) is 0.739. The number of nitrogens with one attached hydrogen (secondary N) is 1. The SMILES string of the molecule is CCCCNC(=O)[C@H](Cc1ccccc1)N(Cc1ccc(C)cc1)C(=O)CSCc1ccccc1Cl. The lowest BCUT2D eigenvalue weighted by Crippen LogP contribution is -2.51. The second-order valence-electron chi connectivity index (χ2n) is 8.94. The number of thioether (sulfide) groups is 1. The van der Waals surface area contributed by atoms with Crippen LogP contribution in [-0.4, -0.2) is 35.1 Å². The van der Waals surface area contributed by atoms with E-state index in [0.717, 1.165) is 35.1 Å². The lowest BCUT2D eigenvalue weighted by molar-refractivity contribution is -0.139. The van der Waals surface area contributed by atoms with E-state index in [2.05, 4.69) is 12.2 Å². The fourth-order valence-corrected chi connectivity index (χ4v) is 5.09. The van der Waals surface area contributed by atoms with Gasteiger partial charge in [-0.2, -0.15) is 0 Å². The van der Waals surface area contributed by atoms with Crippen LogP contribution in [0.2, 0.25) is 5.02 Å². The van der Waals surface area contributed by atoms with Crippen LogP contribution in [0.4, 0.5) is 0 Å². The van der Waals surface area contributed by atoms with Gasteiger partial charge in [0.25, 0.3) is 0 Å². The normalized spacial score (nSPS) is 11.6. The van der Waals surface area contributed by atoms with Crippen molar-refractivity contribution in [3.05, 3.63) is 106 Å². The van der Waals surface area contributed by atoms with Crippen molar-refractivity contribution in [1.29, 1.82) is 0 Å². The molecule has 0 saturated carbocycles. The lowest BCUT2D eigenvalue weighted by atomic mass is 10.0. The van der Waals surface area contributed by atoms with Crippen molar-refractivity contribution in [2.45, 2.75) is 51.4 Å². The molecule has 36 heavy (non-hydrogen) atoms. The van der Waals surface area contributed by atoms with Crippen LogP contribution >= 0.6 is 23.4 Å². The Morgan fingerprint density at radius 1 is 0.944 bits per heavy atom. The van der Waals surface area contributed by atoms with Crippen molar-refractivity contribution in [3.63, 3.8) is 0 Å². The molecule has 0 radical (unpaired) electrons. The van der Waals surface area contributed by atoms with Crippen molar-refractivity contribution in [1.82, 2.24) is 10.2 Å². The van der Waals surface area contributed by atoms with E-state index in [1.807, 2.05) is 85.8 Å². The van der Waals surface area contributed by atoms with Gasteiger partial charge in [-0.1, -0.05) is 103 Å². The third kappa shape index (κ3) is 8.72. The minimum Gasteiger partial charge on any atom is -0.354 e. The summed E-state index contributed by atoms with van der Waals surface area (Å²) in [6.07, 6.45) is 2.36. The molecule has 0 spiro atoms. The molecule has 3 rings (SSSR count). The molecule has 4 nitrogen and oxygen atoms in total. The van der Waals surface area contributed by atoms with E-state index in [4.69, 9.17) is 11.6 Å². The molecule has 0 aliphatic carbocycles. The summed E-state index contributed by atoms with van der Waals surface area (Å²) in [7, 11) is 0. The predicted molar refractivity (Wildman–Crippen MR) is 151 cm³/mol. The number of amides is 2. The highest BCUT2D eigenvalue weighted by molar-refractivity contribution is 7.99. The van der Waals surface area contributed by atoms with Crippen LogP contribution in [0, 0.1) is 6.92 Å². The van der Waals surface area contributed by atoms with Crippen LogP contribution < -0.4 is 5.32 Å². The van der Waals surface area contributed by atoms with Gasteiger partial charge in [-0.15, -0.1) is 11.8 Å². The van der Waals surface area contributed by atoms with Gasteiger partial charge in [0.05, 0.1) is 5.75 Å². The zero-order valence-electron chi connectivity index (χ0n) is 21.1. The third-order valence-electron chi connectivity index (χ3n) is 6.02.